The molecule has 0 radical (unpaired) electrons. The van der Waals surface area contributed by atoms with E-state index in [0.29, 0.717) is 26.1 Å². The molecule has 1 aromatic heterocycles. The van der Waals surface area contributed by atoms with E-state index < -0.39 is 0 Å². The van der Waals surface area contributed by atoms with Crippen LogP contribution in [0.4, 0.5) is 4.79 Å². The van der Waals surface area contributed by atoms with Crippen LogP contribution in [0, 0.1) is 5.92 Å². The summed E-state index contributed by atoms with van der Waals surface area (Å²) < 4.78 is 0. The van der Waals surface area contributed by atoms with Crippen LogP contribution in [0.1, 0.15) is 19.5 Å². The largest absolute Gasteiger partial charge is 0.396 e. The Labute approximate surface area is 114 Å². The molecule has 0 bridgehead atoms. The Morgan fingerprint density at radius 2 is 2.16 bits per heavy atom. The molecule has 5 nitrogen and oxygen atoms in total. The van der Waals surface area contributed by atoms with Crippen LogP contribution in [0.2, 0.25) is 0 Å². The molecule has 1 atom stereocenters. The third kappa shape index (κ3) is 5.26. The topological polar surface area (TPSA) is 65.5 Å². The second kappa shape index (κ2) is 8.48. The van der Waals surface area contributed by atoms with E-state index in [2.05, 4.69) is 10.3 Å². The van der Waals surface area contributed by atoms with Crippen molar-refractivity contribution in [2.24, 2.45) is 5.92 Å². The Bertz CT molecular complexity index is 366. The number of hydrogen-bond donors (Lipinski definition) is 2. The highest BCUT2D eigenvalue weighted by Crippen LogP contribution is 2.05. The van der Waals surface area contributed by atoms with Crippen LogP contribution < -0.4 is 5.32 Å². The van der Waals surface area contributed by atoms with Gasteiger partial charge in [0.25, 0.3) is 0 Å². The third-order valence-electron chi connectivity index (χ3n) is 3.07. The van der Waals surface area contributed by atoms with Crippen molar-refractivity contribution in [2.45, 2.75) is 20.3 Å². The van der Waals surface area contributed by atoms with Gasteiger partial charge in [-0.05, 0) is 32.4 Å². The standard InChI is InChI=1S/C14H23N3O2/c1-3-17(4-2)14(19)16-10-12(11-18)9-13-7-5-6-8-15-13/h5-8,12,18H,3-4,9-11H2,1-2H3,(H,16,19). The van der Waals surface area contributed by atoms with E-state index >= 15 is 0 Å². The van der Waals surface area contributed by atoms with Crippen LogP contribution in [0.5, 0.6) is 0 Å². The van der Waals surface area contributed by atoms with Gasteiger partial charge in [0.1, 0.15) is 0 Å². The molecule has 0 fully saturated rings. The summed E-state index contributed by atoms with van der Waals surface area (Å²) >= 11 is 0. The Hall–Kier alpha value is -1.62. The Kier molecular flexibility index (Phi) is 6.89. The third-order valence-corrected chi connectivity index (χ3v) is 3.07. The average molecular weight is 265 g/mol. The minimum absolute atomic E-state index is 0.00517. The number of pyridine rings is 1. The van der Waals surface area contributed by atoms with E-state index in [1.807, 2.05) is 32.0 Å². The number of amides is 2. The molecule has 0 aliphatic carbocycles. The first-order valence-corrected chi connectivity index (χ1v) is 6.74. The highest BCUT2D eigenvalue weighted by atomic mass is 16.3. The minimum atomic E-state index is -0.0792. The highest BCUT2D eigenvalue weighted by molar-refractivity contribution is 5.74. The normalized spacial score (nSPS) is 11.9. The maximum absolute atomic E-state index is 11.8. The molecule has 106 valence electrons. The fraction of sp³-hybridized carbons (Fsp3) is 0.571. The Morgan fingerprint density at radius 3 is 2.68 bits per heavy atom. The summed E-state index contributed by atoms with van der Waals surface area (Å²) in [6, 6.07) is 5.63. The number of aliphatic hydroxyl groups is 1. The second-order valence-electron chi connectivity index (χ2n) is 4.43. The number of nitrogens with one attached hydrogen (secondary N) is 1. The zero-order valence-corrected chi connectivity index (χ0v) is 11.7. The lowest BCUT2D eigenvalue weighted by atomic mass is 10.0. The molecule has 19 heavy (non-hydrogen) atoms. The monoisotopic (exact) mass is 265 g/mol. The lowest BCUT2D eigenvalue weighted by Crippen LogP contribution is -2.42. The molecular formula is C14H23N3O2. The quantitative estimate of drug-likeness (QED) is 0.780. The molecule has 1 heterocycles. The van der Waals surface area contributed by atoms with E-state index in [0.717, 1.165) is 5.69 Å². The second-order valence-corrected chi connectivity index (χ2v) is 4.43. The van der Waals surface area contributed by atoms with Gasteiger partial charge >= 0.3 is 6.03 Å². The zero-order chi connectivity index (χ0) is 14.1. The van der Waals surface area contributed by atoms with Gasteiger partial charge in [-0.3, -0.25) is 4.98 Å². The summed E-state index contributed by atoms with van der Waals surface area (Å²) in [6.07, 6.45) is 2.40. The van der Waals surface area contributed by atoms with E-state index in [4.69, 9.17) is 0 Å². The van der Waals surface area contributed by atoms with Crippen molar-refractivity contribution in [3.05, 3.63) is 30.1 Å². The summed E-state index contributed by atoms with van der Waals surface area (Å²) in [5.74, 6) is -0.00517. The number of urea groups is 1. The minimum Gasteiger partial charge on any atom is -0.396 e. The number of aromatic nitrogens is 1. The summed E-state index contributed by atoms with van der Waals surface area (Å²) in [7, 11) is 0. The molecule has 2 amide bonds. The number of carbonyl (C=O) groups is 1. The maximum Gasteiger partial charge on any atom is 0.317 e. The molecule has 1 aromatic rings. The van der Waals surface area contributed by atoms with Gasteiger partial charge in [0.15, 0.2) is 0 Å². The molecule has 1 rings (SSSR count). The lowest BCUT2D eigenvalue weighted by Gasteiger charge is -2.21. The summed E-state index contributed by atoms with van der Waals surface area (Å²) in [4.78, 5) is 17.7. The van der Waals surface area contributed by atoms with Crippen LogP contribution >= 0.6 is 0 Å². The average Bonchev–Trinajstić information content (AvgIpc) is 2.45. The summed E-state index contributed by atoms with van der Waals surface area (Å²) in [5.41, 5.74) is 0.929. The molecule has 0 saturated heterocycles. The van der Waals surface area contributed by atoms with E-state index in [-0.39, 0.29) is 18.6 Å². The van der Waals surface area contributed by atoms with Crippen LogP contribution in [0.15, 0.2) is 24.4 Å². The van der Waals surface area contributed by atoms with Crippen molar-refractivity contribution in [1.82, 2.24) is 15.2 Å². The van der Waals surface area contributed by atoms with Crippen LogP contribution in [0.25, 0.3) is 0 Å². The van der Waals surface area contributed by atoms with Gasteiger partial charge in [-0.1, -0.05) is 6.07 Å². The Morgan fingerprint density at radius 1 is 1.42 bits per heavy atom. The summed E-state index contributed by atoms with van der Waals surface area (Å²) in [6.45, 7) is 5.76. The number of hydrogen-bond acceptors (Lipinski definition) is 3. The smallest absolute Gasteiger partial charge is 0.317 e. The molecule has 5 heteroatoms. The number of carbonyl (C=O) groups excluding carboxylic acids is 1. The first kappa shape index (κ1) is 15.4. The van der Waals surface area contributed by atoms with Gasteiger partial charge < -0.3 is 15.3 Å². The van der Waals surface area contributed by atoms with Gasteiger partial charge in [0, 0.05) is 44.0 Å². The van der Waals surface area contributed by atoms with Gasteiger partial charge in [-0.25, -0.2) is 4.79 Å². The molecular weight excluding hydrogens is 242 g/mol. The van der Waals surface area contributed by atoms with Crippen molar-refractivity contribution in [3.63, 3.8) is 0 Å². The summed E-state index contributed by atoms with van der Waals surface area (Å²) in [5, 5.41) is 12.2. The molecule has 0 aromatic carbocycles. The van der Waals surface area contributed by atoms with E-state index in [1.54, 1.807) is 11.1 Å². The molecule has 1 unspecified atom stereocenters. The van der Waals surface area contributed by atoms with Crippen molar-refractivity contribution in [2.75, 3.05) is 26.2 Å². The van der Waals surface area contributed by atoms with Crippen LogP contribution in [-0.4, -0.2) is 47.3 Å². The fourth-order valence-corrected chi connectivity index (χ4v) is 1.87. The zero-order valence-electron chi connectivity index (χ0n) is 11.7. The van der Waals surface area contributed by atoms with Gasteiger partial charge in [0.2, 0.25) is 0 Å². The van der Waals surface area contributed by atoms with Crippen molar-refractivity contribution < 1.29 is 9.90 Å². The van der Waals surface area contributed by atoms with Crippen molar-refractivity contribution >= 4 is 6.03 Å². The van der Waals surface area contributed by atoms with E-state index in [1.165, 1.54) is 0 Å². The van der Waals surface area contributed by atoms with Crippen molar-refractivity contribution in [1.29, 1.82) is 0 Å². The molecule has 0 aliphatic heterocycles. The first-order valence-electron chi connectivity index (χ1n) is 6.74. The van der Waals surface area contributed by atoms with Crippen LogP contribution in [0.3, 0.4) is 0 Å². The predicted molar refractivity (Wildman–Crippen MR) is 74.8 cm³/mol. The number of aliphatic hydroxyl groups excluding tert-OH is 1. The lowest BCUT2D eigenvalue weighted by molar-refractivity contribution is 0.191. The molecule has 2 N–H and O–H groups in total. The first-order chi connectivity index (χ1) is 9.21. The van der Waals surface area contributed by atoms with E-state index in [9.17, 15) is 9.90 Å². The van der Waals surface area contributed by atoms with Gasteiger partial charge in [0.05, 0.1) is 0 Å². The maximum atomic E-state index is 11.8. The Balaban J connectivity index is 2.43. The van der Waals surface area contributed by atoms with Crippen LogP contribution in [-0.2, 0) is 6.42 Å². The SMILES string of the molecule is CCN(CC)C(=O)NCC(CO)Cc1ccccn1. The number of rotatable bonds is 7. The number of nitrogens with zero attached hydrogens (tertiary/aromatic N) is 2. The molecule has 0 saturated carbocycles. The van der Waals surface area contributed by atoms with Gasteiger partial charge in [-0.15, -0.1) is 0 Å². The molecule has 0 spiro atoms. The van der Waals surface area contributed by atoms with Crippen molar-refractivity contribution in [3.8, 4) is 0 Å². The predicted octanol–water partition coefficient (Wildman–Crippen LogP) is 1.28. The van der Waals surface area contributed by atoms with Gasteiger partial charge in [-0.2, -0.15) is 0 Å². The molecule has 0 aliphatic rings. The fourth-order valence-electron chi connectivity index (χ4n) is 1.87. The highest BCUT2D eigenvalue weighted by Gasteiger charge is 2.13.